The topological polar surface area (TPSA) is 101 Å². The summed E-state index contributed by atoms with van der Waals surface area (Å²) in [4.78, 5) is 22.3. The molecular formula is C25H26N4O3S2. The zero-order chi connectivity index (χ0) is 24.1. The maximum absolute atomic E-state index is 13.3. The predicted octanol–water partition coefficient (Wildman–Crippen LogP) is 4.47. The Balaban J connectivity index is 1.53. The van der Waals surface area contributed by atoms with Crippen LogP contribution in [0.3, 0.4) is 0 Å². The van der Waals surface area contributed by atoms with Gasteiger partial charge in [-0.05, 0) is 47.9 Å². The van der Waals surface area contributed by atoms with Crippen molar-refractivity contribution in [2.24, 2.45) is 10.9 Å². The van der Waals surface area contributed by atoms with E-state index in [-0.39, 0.29) is 22.6 Å². The Hall–Kier alpha value is -3.17. The molecule has 2 heterocycles. The number of nitrogens with zero attached hydrogens (tertiary/aromatic N) is 2. The van der Waals surface area contributed by atoms with Gasteiger partial charge in [-0.1, -0.05) is 50.6 Å². The third-order valence-corrected chi connectivity index (χ3v) is 8.01. The van der Waals surface area contributed by atoms with Gasteiger partial charge in [-0.25, -0.2) is 13.4 Å². The molecule has 4 rings (SSSR count). The molecule has 2 aromatic carbocycles. The molecule has 2 atom stereocenters. The number of amidine groups is 1. The van der Waals surface area contributed by atoms with E-state index in [1.807, 2.05) is 56.3 Å². The van der Waals surface area contributed by atoms with E-state index in [0.717, 1.165) is 16.3 Å². The highest BCUT2D eigenvalue weighted by Gasteiger charge is 2.33. The minimum Gasteiger partial charge on any atom is -0.324 e. The van der Waals surface area contributed by atoms with Crippen molar-refractivity contribution >= 4 is 39.2 Å². The van der Waals surface area contributed by atoms with Gasteiger partial charge in [0.05, 0.1) is 9.92 Å². The summed E-state index contributed by atoms with van der Waals surface area (Å²) in [5.74, 6) is 0.556. The lowest BCUT2D eigenvalue weighted by atomic mass is 9.98. The van der Waals surface area contributed by atoms with Crippen molar-refractivity contribution in [3.8, 4) is 0 Å². The van der Waals surface area contributed by atoms with Crippen molar-refractivity contribution in [3.05, 3.63) is 84.1 Å². The summed E-state index contributed by atoms with van der Waals surface area (Å²) in [6.45, 7) is 3.91. The van der Waals surface area contributed by atoms with E-state index in [2.05, 4.69) is 20.0 Å². The number of nitrogens with one attached hydrogen (secondary N) is 2. The van der Waals surface area contributed by atoms with E-state index in [4.69, 9.17) is 0 Å². The fraction of sp³-hybridized carbons (Fsp3) is 0.240. The number of benzene rings is 2. The van der Waals surface area contributed by atoms with Gasteiger partial charge in [0, 0.05) is 23.2 Å². The number of rotatable bonds is 8. The van der Waals surface area contributed by atoms with Crippen LogP contribution in [-0.4, -0.2) is 31.2 Å². The monoisotopic (exact) mass is 494 g/mol. The lowest BCUT2D eigenvalue weighted by molar-refractivity contribution is -0.118. The van der Waals surface area contributed by atoms with Gasteiger partial charge in [0.1, 0.15) is 11.9 Å². The number of sulfonamides is 1. The molecule has 0 aliphatic carbocycles. The number of hydrogen-bond donors (Lipinski definition) is 2. The third kappa shape index (κ3) is 5.48. The van der Waals surface area contributed by atoms with E-state index >= 15 is 0 Å². The molecule has 1 aliphatic heterocycles. The highest BCUT2D eigenvalue weighted by Crippen LogP contribution is 2.25. The molecule has 0 spiro atoms. The largest absolute Gasteiger partial charge is 0.324 e. The van der Waals surface area contributed by atoms with E-state index in [9.17, 15) is 13.2 Å². The summed E-state index contributed by atoms with van der Waals surface area (Å²) >= 11 is 1.62. The molecule has 176 valence electrons. The minimum absolute atomic E-state index is 0.0901. The number of aromatic nitrogens is 1. The average molecular weight is 495 g/mol. The van der Waals surface area contributed by atoms with Crippen molar-refractivity contribution in [2.75, 3.05) is 5.32 Å². The van der Waals surface area contributed by atoms with Gasteiger partial charge in [0.15, 0.2) is 0 Å². The number of hydrogen-bond acceptors (Lipinski definition) is 6. The number of pyridine rings is 1. The fourth-order valence-electron chi connectivity index (χ4n) is 3.58. The van der Waals surface area contributed by atoms with Crippen molar-refractivity contribution in [1.29, 1.82) is 0 Å². The smallest absolute Gasteiger partial charge is 0.263 e. The fourth-order valence-corrected chi connectivity index (χ4v) is 5.62. The molecule has 0 saturated carbocycles. The second kappa shape index (κ2) is 10.4. The first-order chi connectivity index (χ1) is 16.4. The molecular weight excluding hydrogens is 468 g/mol. The SMILES string of the molecule is CC[C@H](C)[C@H](N=C1NS(=O)(=O)c2ccccc21)C(=O)Nc1cccc(CSc2ccccn2)c1. The Bertz CT molecular complexity index is 1310. The van der Waals surface area contributed by atoms with Gasteiger partial charge >= 0.3 is 0 Å². The van der Waals surface area contributed by atoms with Crippen LogP contribution in [0.2, 0.25) is 0 Å². The summed E-state index contributed by atoms with van der Waals surface area (Å²) in [7, 11) is -3.67. The van der Waals surface area contributed by atoms with Crippen LogP contribution in [-0.2, 0) is 20.6 Å². The van der Waals surface area contributed by atoms with E-state index < -0.39 is 16.1 Å². The molecule has 7 nitrogen and oxygen atoms in total. The Morgan fingerprint density at radius 2 is 1.91 bits per heavy atom. The molecule has 0 unspecified atom stereocenters. The van der Waals surface area contributed by atoms with Crippen LogP contribution in [0.5, 0.6) is 0 Å². The van der Waals surface area contributed by atoms with Gasteiger partial charge in [-0.3, -0.25) is 14.5 Å². The van der Waals surface area contributed by atoms with Crippen LogP contribution in [0.25, 0.3) is 0 Å². The predicted molar refractivity (Wildman–Crippen MR) is 135 cm³/mol. The first kappa shape index (κ1) is 24.0. The average Bonchev–Trinajstić information content (AvgIpc) is 3.11. The summed E-state index contributed by atoms with van der Waals surface area (Å²) in [6, 6.07) is 19.4. The molecule has 0 saturated heterocycles. The molecule has 1 aliphatic rings. The summed E-state index contributed by atoms with van der Waals surface area (Å²) in [5.41, 5.74) is 2.21. The van der Waals surface area contributed by atoms with E-state index in [1.54, 1.807) is 36.2 Å². The standard InChI is InChI=1S/C25H26N4O3S2/c1-3-17(2)23(28-24-20-11-4-5-12-21(20)34(31,32)29-24)25(30)27-19-10-8-9-18(15-19)16-33-22-13-6-7-14-26-22/h4-15,17,23H,3,16H2,1-2H3,(H,27,30)(H,28,29)/t17-,23-/m0/s1. The van der Waals surface area contributed by atoms with Crippen molar-refractivity contribution in [1.82, 2.24) is 9.71 Å². The summed E-state index contributed by atoms with van der Waals surface area (Å²) in [5, 5.41) is 3.90. The second-order valence-electron chi connectivity index (χ2n) is 8.06. The number of aliphatic imine (C=N–C) groups is 1. The number of fused-ring (bicyclic) bond motifs is 1. The molecule has 9 heteroatoms. The lowest BCUT2D eigenvalue weighted by Crippen LogP contribution is -2.34. The van der Waals surface area contributed by atoms with Crippen LogP contribution in [0.1, 0.15) is 31.4 Å². The number of thioether (sulfide) groups is 1. The Morgan fingerprint density at radius 3 is 2.68 bits per heavy atom. The second-order valence-corrected chi connectivity index (χ2v) is 10.7. The van der Waals surface area contributed by atoms with Gasteiger partial charge in [-0.15, -0.1) is 11.8 Å². The zero-order valence-electron chi connectivity index (χ0n) is 18.9. The maximum atomic E-state index is 13.3. The molecule has 0 radical (unpaired) electrons. The minimum atomic E-state index is -3.67. The first-order valence-corrected chi connectivity index (χ1v) is 13.5. The van der Waals surface area contributed by atoms with Crippen molar-refractivity contribution in [2.45, 2.75) is 42.0 Å². The third-order valence-electron chi connectivity index (χ3n) is 5.60. The molecule has 1 amide bonds. The maximum Gasteiger partial charge on any atom is 0.263 e. The number of amides is 1. The summed E-state index contributed by atoms with van der Waals surface area (Å²) < 4.78 is 27.4. The Morgan fingerprint density at radius 1 is 1.12 bits per heavy atom. The van der Waals surface area contributed by atoms with Crippen molar-refractivity contribution < 1.29 is 13.2 Å². The van der Waals surface area contributed by atoms with Crippen LogP contribution in [0.4, 0.5) is 5.69 Å². The lowest BCUT2D eigenvalue weighted by Gasteiger charge is -2.19. The van der Waals surface area contributed by atoms with Gasteiger partial charge < -0.3 is 5.32 Å². The highest BCUT2D eigenvalue weighted by molar-refractivity contribution is 7.98. The molecule has 3 aromatic rings. The van der Waals surface area contributed by atoms with Crippen molar-refractivity contribution in [3.63, 3.8) is 0 Å². The number of carbonyl (C=O) groups is 1. The van der Waals surface area contributed by atoms with Crippen LogP contribution in [0, 0.1) is 5.92 Å². The summed E-state index contributed by atoms with van der Waals surface area (Å²) in [6.07, 6.45) is 2.47. The van der Waals surface area contributed by atoms with E-state index in [1.165, 1.54) is 6.07 Å². The van der Waals surface area contributed by atoms with Crippen LogP contribution >= 0.6 is 11.8 Å². The molecule has 2 N–H and O–H groups in total. The molecule has 1 aromatic heterocycles. The van der Waals surface area contributed by atoms with Gasteiger partial charge in [0.2, 0.25) is 5.91 Å². The van der Waals surface area contributed by atoms with E-state index in [0.29, 0.717) is 17.7 Å². The number of anilines is 1. The van der Waals surface area contributed by atoms with Crippen LogP contribution in [0.15, 0.2) is 87.8 Å². The normalized spacial score (nSPS) is 16.9. The molecule has 0 fully saturated rings. The van der Waals surface area contributed by atoms with Crippen LogP contribution < -0.4 is 10.0 Å². The first-order valence-electron chi connectivity index (χ1n) is 11.0. The highest BCUT2D eigenvalue weighted by atomic mass is 32.2. The Kier molecular flexibility index (Phi) is 7.33. The molecule has 0 bridgehead atoms. The zero-order valence-corrected chi connectivity index (χ0v) is 20.6. The number of carbonyl (C=O) groups excluding carboxylic acids is 1. The quantitative estimate of drug-likeness (QED) is 0.450. The van der Waals surface area contributed by atoms with Gasteiger partial charge in [0.25, 0.3) is 10.0 Å². The Labute approximate surface area is 204 Å². The molecule has 34 heavy (non-hydrogen) atoms. The van der Waals surface area contributed by atoms with Gasteiger partial charge in [-0.2, -0.15) is 0 Å².